The number of hydrogen-bond donors (Lipinski definition) is 2. The number of nitrogens with one attached hydrogen (secondary N) is 1. The van der Waals surface area contributed by atoms with Gasteiger partial charge in [-0.1, -0.05) is 12.1 Å². The van der Waals surface area contributed by atoms with Crippen LogP contribution in [0.15, 0.2) is 57.6 Å². The van der Waals surface area contributed by atoms with Crippen molar-refractivity contribution in [2.75, 3.05) is 6.54 Å². The molecule has 2 aromatic heterocycles. The van der Waals surface area contributed by atoms with Crippen LogP contribution in [0.4, 0.5) is 4.39 Å². The highest BCUT2D eigenvalue weighted by Gasteiger charge is 2.51. The van der Waals surface area contributed by atoms with E-state index >= 15 is 0 Å². The van der Waals surface area contributed by atoms with E-state index in [1.807, 2.05) is 22.9 Å². The summed E-state index contributed by atoms with van der Waals surface area (Å²) in [6.07, 6.45) is 0.531. The van der Waals surface area contributed by atoms with Crippen molar-refractivity contribution in [1.29, 1.82) is 0 Å². The van der Waals surface area contributed by atoms with Crippen LogP contribution in [0.1, 0.15) is 30.3 Å². The molecule has 134 valence electrons. The van der Waals surface area contributed by atoms with Gasteiger partial charge in [0.05, 0.1) is 12.0 Å². The molecule has 2 heterocycles. The molecule has 0 saturated heterocycles. The van der Waals surface area contributed by atoms with Gasteiger partial charge in [0.1, 0.15) is 23.4 Å². The van der Waals surface area contributed by atoms with E-state index in [2.05, 4.69) is 5.32 Å². The number of thiophene rings is 1. The Morgan fingerprint density at radius 3 is 2.65 bits per heavy atom. The van der Waals surface area contributed by atoms with E-state index in [1.54, 1.807) is 29.5 Å². The summed E-state index contributed by atoms with van der Waals surface area (Å²) < 4.78 is 18.8. The van der Waals surface area contributed by atoms with Gasteiger partial charge in [0.15, 0.2) is 0 Å². The first-order valence-electron chi connectivity index (χ1n) is 8.43. The Kier molecular flexibility index (Phi) is 4.38. The summed E-state index contributed by atoms with van der Waals surface area (Å²) in [6.45, 7) is 0.0678. The lowest BCUT2D eigenvalue weighted by molar-refractivity contribution is -0.124. The average Bonchev–Trinajstić information content (AvgIpc) is 3.07. The smallest absolute Gasteiger partial charge is 0.230 e. The Morgan fingerprint density at radius 2 is 2.00 bits per heavy atom. The first kappa shape index (κ1) is 17.0. The lowest BCUT2D eigenvalue weighted by Gasteiger charge is -2.17. The Labute approximate surface area is 154 Å². The van der Waals surface area contributed by atoms with Crippen LogP contribution in [0.25, 0.3) is 11.3 Å². The van der Waals surface area contributed by atoms with Crippen molar-refractivity contribution in [3.8, 4) is 11.3 Å². The van der Waals surface area contributed by atoms with Crippen LogP contribution in [0.5, 0.6) is 0 Å². The molecule has 4 rings (SSSR count). The third-order valence-corrected chi connectivity index (χ3v) is 5.48. The molecule has 0 spiro atoms. The number of aliphatic hydroxyl groups is 1. The predicted octanol–water partition coefficient (Wildman–Crippen LogP) is 4.03. The maximum Gasteiger partial charge on any atom is 0.230 e. The molecular formula is C20H18FNO3S. The van der Waals surface area contributed by atoms with Crippen LogP contribution < -0.4 is 5.32 Å². The van der Waals surface area contributed by atoms with Gasteiger partial charge in [0.2, 0.25) is 5.91 Å². The summed E-state index contributed by atoms with van der Waals surface area (Å²) >= 11 is 1.57. The van der Waals surface area contributed by atoms with Gasteiger partial charge in [-0.15, -0.1) is 0 Å². The molecule has 0 bridgehead atoms. The van der Waals surface area contributed by atoms with E-state index in [9.17, 15) is 14.3 Å². The number of carbonyl (C=O) groups excluding carboxylic acids is 1. The highest BCUT2D eigenvalue weighted by atomic mass is 32.1. The minimum atomic E-state index is -0.921. The fraction of sp³-hybridized carbons (Fsp3) is 0.250. The Balaban J connectivity index is 1.39. The van der Waals surface area contributed by atoms with Gasteiger partial charge >= 0.3 is 0 Å². The number of furan rings is 1. The van der Waals surface area contributed by atoms with Gasteiger partial charge in [0.25, 0.3) is 0 Å². The summed E-state index contributed by atoms with van der Waals surface area (Å²) in [6, 6.07) is 11.5. The molecule has 1 amide bonds. The Hall–Kier alpha value is -2.44. The minimum absolute atomic E-state index is 0.0678. The normalized spacial score (nSPS) is 16.2. The van der Waals surface area contributed by atoms with Crippen LogP contribution in [0, 0.1) is 5.82 Å². The topological polar surface area (TPSA) is 62.5 Å². The molecule has 1 fully saturated rings. The molecule has 0 aliphatic heterocycles. The standard InChI is InChI=1S/C20H18FNO3S/c21-15-3-1-14(2-4-15)20(8-9-20)19(24)22-11-16(23)18-6-5-17(25-18)13-7-10-26-12-13/h1-7,10,12,16,23H,8-9,11H2,(H,22,24)/t16-/m0/s1. The first-order valence-corrected chi connectivity index (χ1v) is 9.37. The van der Waals surface area contributed by atoms with E-state index in [1.165, 1.54) is 12.1 Å². The number of carbonyl (C=O) groups is 1. The molecule has 4 nitrogen and oxygen atoms in total. The maximum absolute atomic E-state index is 13.1. The van der Waals surface area contributed by atoms with E-state index in [0.29, 0.717) is 11.5 Å². The van der Waals surface area contributed by atoms with E-state index < -0.39 is 11.5 Å². The SMILES string of the molecule is O=C(NC[C@H](O)c1ccc(-c2ccsc2)o1)C1(c2ccc(F)cc2)CC1. The van der Waals surface area contributed by atoms with Crippen LogP contribution in [0.3, 0.4) is 0 Å². The summed E-state index contributed by atoms with van der Waals surface area (Å²) in [5.74, 6) is 0.641. The quantitative estimate of drug-likeness (QED) is 0.688. The lowest BCUT2D eigenvalue weighted by Crippen LogP contribution is -2.37. The van der Waals surface area contributed by atoms with Gasteiger partial charge in [-0.3, -0.25) is 4.79 Å². The van der Waals surface area contributed by atoms with Crippen molar-refractivity contribution in [3.05, 3.63) is 70.4 Å². The number of halogens is 1. The van der Waals surface area contributed by atoms with Gasteiger partial charge in [0, 0.05) is 10.9 Å². The summed E-state index contributed by atoms with van der Waals surface area (Å²) in [5, 5.41) is 17.0. The van der Waals surface area contributed by atoms with Gasteiger partial charge in [-0.2, -0.15) is 11.3 Å². The molecule has 6 heteroatoms. The highest BCUT2D eigenvalue weighted by Crippen LogP contribution is 2.48. The second-order valence-corrected chi connectivity index (χ2v) is 7.31. The molecule has 0 radical (unpaired) electrons. The third kappa shape index (κ3) is 3.18. The van der Waals surface area contributed by atoms with Crippen LogP contribution >= 0.6 is 11.3 Å². The number of aliphatic hydroxyl groups excluding tert-OH is 1. The predicted molar refractivity (Wildman–Crippen MR) is 97.3 cm³/mol. The molecule has 1 atom stereocenters. The van der Waals surface area contributed by atoms with Gasteiger partial charge < -0.3 is 14.8 Å². The molecule has 2 N–H and O–H groups in total. The molecule has 0 unspecified atom stereocenters. The van der Waals surface area contributed by atoms with Crippen molar-refractivity contribution in [2.24, 2.45) is 0 Å². The Bertz CT molecular complexity index is 898. The number of amides is 1. The lowest BCUT2D eigenvalue weighted by atomic mass is 9.95. The molecule has 3 aromatic rings. The fourth-order valence-corrected chi connectivity index (χ4v) is 3.74. The largest absolute Gasteiger partial charge is 0.458 e. The zero-order valence-corrected chi connectivity index (χ0v) is 14.8. The van der Waals surface area contributed by atoms with E-state index in [4.69, 9.17) is 4.42 Å². The number of rotatable bonds is 6. The van der Waals surface area contributed by atoms with Crippen LogP contribution in [0.2, 0.25) is 0 Å². The van der Waals surface area contributed by atoms with E-state index in [0.717, 1.165) is 24.0 Å². The Morgan fingerprint density at radius 1 is 1.23 bits per heavy atom. The third-order valence-electron chi connectivity index (χ3n) is 4.80. The molecule has 1 saturated carbocycles. The second kappa shape index (κ2) is 6.70. The molecular weight excluding hydrogens is 353 g/mol. The van der Waals surface area contributed by atoms with Gasteiger partial charge in [-0.05, 0) is 54.1 Å². The number of hydrogen-bond acceptors (Lipinski definition) is 4. The summed E-state index contributed by atoms with van der Waals surface area (Å²) in [5.41, 5.74) is 1.17. The van der Waals surface area contributed by atoms with Crippen molar-refractivity contribution < 1.29 is 18.7 Å². The first-order chi connectivity index (χ1) is 12.6. The average molecular weight is 371 g/mol. The van der Waals surface area contributed by atoms with Crippen LogP contribution in [-0.2, 0) is 10.2 Å². The monoisotopic (exact) mass is 371 g/mol. The van der Waals surface area contributed by atoms with E-state index in [-0.39, 0.29) is 18.3 Å². The minimum Gasteiger partial charge on any atom is -0.458 e. The second-order valence-electron chi connectivity index (χ2n) is 6.53. The van der Waals surface area contributed by atoms with Crippen molar-refractivity contribution >= 4 is 17.2 Å². The molecule has 1 aliphatic rings. The maximum atomic E-state index is 13.1. The summed E-state index contributed by atoms with van der Waals surface area (Å²) in [4.78, 5) is 12.6. The molecule has 26 heavy (non-hydrogen) atoms. The number of benzene rings is 1. The fourth-order valence-electron chi connectivity index (χ4n) is 3.09. The highest BCUT2D eigenvalue weighted by molar-refractivity contribution is 7.08. The molecule has 1 aliphatic carbocycles. The zero-order chi connectivity index (χ0) is 18.1. The molecule has 1 aromatic carbocycles. The van der Waals surface area contributed by atoms with Crippen LogP contribution in [-0.4, -0.2) is 17.6 Å². The summed E-state index contributed by atoms with van der Waals surface area (Å²) in [7, 11) is 0. The van der Waals surface area contributed by atoms with Crippen molar-refractivity contribution in [1.82, 2.24) is 5.32 Å². The van der Waals surface area contributed by atoms with Crippen molar-refractivity contribution in [2.45, 2.75) is 24.4 Å². The zero-order valence-electron chi connectivity index (χ0n) is 13.9. The van der Waals surface area contributed by atoms with Crippen molar-refractivity contribution in [3.63, 3.8) is 0 Å². The van der Waals surface area contributed by atoms with Gasteiger partial charge in [-0.25, -0.2) is 4.39 Å².